The van der Waals surface area contributed by atoms with Crippen LogP contribution in [0.5, 0.6) is 0 Å². The first-order valence-electron chi connectivity index (χ1n) is 3.79. The molecule has 0 spiro atoms. The van der Waals surface area contributed by atoms with Gasteiger partial charge in [0.25, 0.3) is 5.91 Å². The monoisotopic (exact) mass is 181 g/mol. The van der Waals surface area contributed by atoms with Crippen molar-refractivity contribution in [3.8, 4) is 0 Å². The van der Waals surface area contributed by atoms with E-state index in [4.69, 9.17) is 0 Å². The summed E-state index contributed by atoms with van der Waals surface area (Å²) in [5, 5.41) is 11.8. The quantitative estimate of drug-likeness (QED) is 0.682. The molecule has 0 aliphatic rings. The van der Waals surface area contributed by atoms with Crippen LogP contribution in [0, 0.1) is 0 Å². The normalized spacial score (nSPS) is 11.0. The Hall–Kier alpha value is -1.49. The van der Waals surface area contributed by atoms with Gasteiger partial charge in [-0.15, -0.1) is 0 Å². The Morgan fingerprint density at radius 3 is 2.46 bits per heavy atom. The highest BCUT2D eigenvalue weighted by Crippen LogP contribution is 2.07. The van der Waals surface area contributed by atoms with Gasteiger partial charge in [0.15, 0.2) is 0 Å². The molecule has 0 aliphatic heterocycles. The maximum atomic E-state index is 11.2. The molecule has 5 heteroatoms. The molecule has 0 unspecified atom stereocenters. The van der Waals surface area contributed by atoms with Gasteiger partial charge in [0.1, 0.15) is 11.9 Å². The van der Waals surface area contributed by atoms with Crippen molar-refractivity contribution in [1.82, 2.24) is 9.97 Å². The summed E-state index contributed by atoms with van der Waals surface area (Å²) in [4.78, 5) is 18.6. The minimum Gasteiger partial charge on any atom is -0.381 e. The zero-order chi connectivity index (χ0) is 9.90. The maximum Gasteiger partial charge on any atom is 0.255 e. The third-order valence-electron chi connectivity index (χ3n) is 1.37. The van der Waals surface area contributed by atoms with E-state index >= 15 is 0 Å². The lowest BCUT2D eigenvalue weighted by Crippen LogP contribution is -2.36. The van der Waals surface area contributed by atoms with Crippen LogP contribution in [-0.4, -0.2) is 26.6 Å². The Morgan fingerprint density at radius 2 is 2.00 bits per heavy atom. The van der Waals surface area contributed by atoms with E-state index in [1.165, 1.54) is 32.6 Å². The first kappa shape index (κ1) is 9.60. The van der Waals surface area contributed by atoms with Gasteiger partial charge < -0.3 is 10.4 Å². The van der Waals surface area contributed by atoms with Crippen molar-refractivity contribution in [2.75, 3.05) is 5.32 Å². The second-order valence-electron chi connectivity index (χ2n) is 3.14. The van der Waals surface area contributed by atoms with Crippen LogP contribution >= 0.6 is 0 Å². The minimum atomic E-state index is -1.39. The number of carbonyl (C=O) groups excluding carboxylic acids is 1. The summed E-state index contributed by atoms with van der Waals surface area (Å²) < 4.78 is 0. The van der Waals surface area contributed by atoms with Crippen LogP contribution in [0.3, 0.4) is 0 Å². The van der Waals surface area contributed by atoms with E-state index in [0.717, 1.165) is 0 Å². The molecule has 5 nitrogen and oxygen atoms in total. The van der Waals surface area contributed by atoms with Crippen LogP contribution in [0.4, 0.5) is 5.69 Å². The number of nitrogens with zero attached hydrogens (tertiary/aromatic N) is 2. The van der Waals surface area contributed by atoms with Crippen molar-refractivity contribution in [3.63, 3.8) is 0 Å². The van der Waals surface area contributed by atoms with Gasteiger partial charge in [-0.1, -0.05) is 0 Å². The zero-order valence-corrected chi connectivity index (χ0v) is 7.48. The predicted molar refractivity (Wildman–Crippen MR) is 47.0 cm³/mol. The number of amides is 1. The summed E-state index contributed by atoms with van der Waals surface area (Å²) in [6, 6.07) is 0. The van der Waals surface area contributed by atoms with Crippen LogP contribution < -0.4 is 5.32 Å². The average molecular weight is 181 g/mol. The number of hydrogen-bond acceptors (Lipinski definition) is 4. The topological polar surface area (TPSA) is 75.1 Å². The van der Waals surface area contributed by atoms with Crippen LogP contribution in [0.2, 0.25) is 0 Å². The SMILES string of the molecule is CC(C)(O)C(=O)Nc1cncnc1. The zero-order valence-electron chi connectivity index (χ0n) is 7.48. The highest BCUT2D eigenvalue weighted by atomic mass is 16.3. The molecular formula is C8H11N3O2. The molecule has 0 atom stereocenters. The third-order valence-corrected chi connectivity index (χ3v) is 1.37. The number of anilines is 1. The Balaban J connectivity index is 2.66. The molecule has 1 aromatic heterocycles. The number of aliphatic hydroxyl groups is 1. The van der Waals surface area contributed by atoms with Gasteiger partial charge in [-0.05, 0) is 13.8 Å². The Kier molecular flexibility index (Phi) is 2.57. The molecule has 1 heterocycles. The summed E-state index contributed by atoms with van der Waals surface area (Å²) in [7, 11) is 0. The van der Waals surface area contributed by atoms with E-state index in [9.17, 15) is 9.90 Å². The Morgan fingerprint density at radius 1 is 1.46 bits per heavy atom. The summed E-state index contributed by atoms with van der Waals surface area (Å²) >= 11 is 0. The van der Waals surface area contributed by atoms with E-state index < -0.39 is 11.5 Å². The van der Waals surface area contributed by atoms with Crippen molar-refractivity contribution >= 4 is 11.6 Å². The largest absolute Gasteiger partial charge is 0.381 e. The fourth-order valence-electron chi connectivity index (χ4n) is 0.648. The van der Waals surface area contributed by atoms with Gasteiger partial charge in [0.05, 0.1) is 18.1 Å². The van der Waals surface area contributed by atoms with Crippen LogP contribution in [0.15, 0.2) is 18.7 Å². The van der Waals surface area contributed by atoms with Gasteiger partial charge in [0.2, 0.25) is 0 Å². The molecule has 0 saturated heterocycles. The van der Waals surface area contributed by atoms with E-state index in [1.54, 1.807) is 0 Å². The molecule has 13 heavy (non-hydrogen) atoms. The van der Waals surface area contributed by atoms with E-state index in [1.807, 2.05) is 0 Å². The minimum absolute atomic E-state index is 0.467. The fraction of sp³-hybridized carbons (Fsp3) is 0.375. The molecule has 0 saturated carbocycles. The molecule has 1 amide bonds. The van der Waals surface area contributed by atoms with Crippen LogP contribution in [0.25, 0.3) is 0 Å². The van der Waals surface area contributed by atoms with Gasteiger partial charge in [-0.3, -0.25) is 4.79 Å². The van der Waals surface area contributed by atoms with Gasteiger partial charge in [-0.25, -0.2) is 9.97 Å². The molecule has 1 rings (SSSR count). The summed E-state index contributed by atoms with van der Waals surface area (Å²) in [6.45, 7) is 2.82. The number of carbonyl (C=O) groups is 1. The molecule has 0 bridgehead atoms. The first-order chi connectivity index (χ1) is 6.00. The van der Waals surface area contributed by atoms with E-state index in [-0.39, 0.29) is 0 Å². The lowest BCUT2D eigenvalue weighted by molar-refractivity contribution is -0.130. The molecule has 0 aromatic carbocycles. The molecule has 0 radical (unpaired) electrons. The number of hydrogen-bond donors (Lipinski definition) is 2. The predicted octanol–water partition coefficient (Wildman–Crippen LogP) is 0.186. The molecule has 2 N–H and O–H groups in total. The van der Waals surface area contributed by atoms with Gasteiger partial charge in [0, 0.05) is 0 Å². The number of aromatic nitrogens is 2. The van der Waals surface area contributed by atoms with Crippen molar-refractivity contribution in [2.45, 2.75) is 19.4 Å². The van der Waals surface area contributed by atoms with Crippen molar-refractivity contribution in [3.05, 3.63) is 18.7 Å². The van der Waals surface area contributed by atoms with Crippen LogP contribution in [-0.2, 0) is 4.79 Å². The Labute approximate surface area is 75.8 Å². The van der Waals surface area contributed by atoms with Crippen molar-refractivity contribution < 1.29 is 9.90 Å². The molecule has 0 aliphatic carbocycles. The van der Waals surface area contributed by atoms with Crippen molar-refractivity contribution in [1.29, 1.82) is 0 Å². The second kappa shape index (κ2) is 3.49. The molecule has 70 valence electrons. The smallest absolute Gasteiger partial charge is 0.255 e. The van der Waals surface area contributed by atoms with Crippen LogP contribution in [0.1, 0.15) is 13.8 Å². The van der Waals surface area contributed by atoms with E-state index in [0.29, 0.717) is 5.69 Å². The first-order valence-corrected chi connectivity index (χ1v) is 3.79. The van der Waals surface area contributed by atoms with Crippen molar-refractivity contribution in [2.24, 2.45) is 0 Å². The standard InChI is InChI=1S/C8H11N3O2/c1-8(2,13)7(12)11-6-3-9-5-10-4-6/h3-5,13H,1-2H3,(H,11,12). The molecule has 1 aromatic rings. The number of nitrogens with one attached hydrogen (secondary N) is 1. The summed E-state index contributed by atoms with van der Waals surface area (Å²) in [5.41, 5.74) is -0.926. The molecular weight excluding hydrogens is 170 g/mol. The number of rotatable bonds is 2. The second-order valence-corrected chi connectivity index (χ2v) is 3.14. The lowest BCUT2D eigenvalue weighted by Gasteiger charge is -2.15. The third kappa shape index (κ3) is 2.79. The lowest BCUT2D eigenvalue weighted by atomic mass is 10.1. The average Bonchev–Trinajstić information content (AvgIpc) is 2.04. The fourth-order valence-corrected chi connectivity index (χ4v) is 0.648. The maximum absolute atomic E-state index is 11.2. The molecule has 0 fully saturated rings. The van der Waals surface area contributed by atoms with Gasteiger partial charge in [-0.2, -0.15) is 0 Å². The highest BCUT2D eigenvalue weighted by Gasteiger charge is 2.23. The van der Waals surface area contributed by atoms with E-state index in [2.05, 4.69) is 15.3 Å². The summed E-state index contributed by atoms with van der Waals surface area (Å²) in [6.07, 6.45) is 4.27. The highest BCUT2D eigenvalue weighted by molar-refractivity contribution is 5.96. The van der Waals surface area contributed by atoms with Gasteiger partial charge >= 0.3 is 0 Å². The Bertz CT molecular complexity index is 292. The summed E-state index contributed by atoms with van der Waals surface area (Å²) in [5.74, 6) is -0.484.